The number of nitrogens with two attached hydrogens (primary N) is 1. The van der Waals surface area contributed by atoms with Crippen molar-refractivity contribution in [3.63, 3.8) is 0 Å². The molecule has 3 rings (SSSR count). The number of hydrogen-bond donors (Lipinski definition) is 1. The molecule has 3 heterocycles. The molecular weight excluding hydrogens is 298 g/mol. The molecule has 0 saturated carbocycles. The lowest BCUT2D eigenvalue weighted by molar-refractivity contribution is 0.0988. The zero-order valence-corrected chi connectivity index (χ0v) is 13.2. The lowest BCUT2D eigenvalue weighted by Gasteiger charge is -2.31. The van der Waals surface area contributed by atoms with Gasteiger partial charge in [-0.05, 0) is 25.8 Å². The number of nitrogens with zero attached hydrogens (tertiary/aromatic N) is 6. The number of aryl methyl sites for hydroxylation is 1. The van der Waals surface area contributed by atoms with Crippen molar-refractivity contribution in [2.45, 2.75) is 45.2 Å². The minimum atomic E-state index is -0.606. The van der Waals surface area contributed by atoms with Gasteiger partial charge in [0, 0.05) is 13.0 Å². The van der Waals surface area contributed by atoms with Gasteiger partial charge in [0.05, 0.1) is 12.6 Å². The van der Waals surface area contributed by atoms with Crippen LogP contribution in [0.5, 0.6) is 0 Å². The fraction of sp³-hybridized carbons (Fsp3) is 0.643. The van der Waals surface area contributed by atoms with Gasteiger partial charge in [-0.2, -0.15) is 4.98 Å². The first kappa shape index (κ1) is 15.6. The fourth-order valence-corrected chi connectivity index (χ4v) is 2.83. The number of carbonyl (C=O) groups is 1. The number of piperidine rings is 1. The van der Waals surface area contributed by atoms with Crippen molar-refractivity contribution in [2.75, 3.05) is 13.1 Å². The maximum absolute atomic E-state index is 11.1. The van der Waals surface area contributed by atoms with E-state index in [9.17, 15) is 4.79 Å². The van der Waals surface area contributed by atoms with E-state index in [2.05, 4.69) is 32.0 Å². The summed E-state index contributed by atoms with van der Waals surface area (Å²) in [4.78, 5) is 21.7. The second-order valence-corrected chi connectivity index (χ2v) is 5.80. The molecule has 1 amide bonds. The van der Waals surface area contributed by atoms with Gasteiger partial charge in [-0.3, -0.25) is 9.69 Å². The van der Waals surface area contributed by atoms with Crippen molar-refractivity contribution in [3.8, 4) is 0 Å². The monoisotopic (exact) mass is 319 g/mol. The molecule has 1 atom stereocenters. The molecule has 1 aliphatic heterocycles. The number of hydrogen-bond acceptors (Lipinski definition) is 7. The van der Waals surface area contributed by atoms with E-state index in [-0.39, 0.29) is 11.9 Å². The third-order valence-electron chi connectivity index (χ3n) is 3.93. The Labute approximate surface area is 133 Å². The predicted molar refractivity (Wildman–Crippen MR) is 80.4 cm³/mol. The van der Waals surface area contributed by atoms with Gasteiger partial charge in [-0.15, -0.1) is 5.10 Å². The molecule has 1 saturated heterocycles. The van der Waals surface area contributed by atoms with Crippen LogP contribution in [0.2, 0.25) is 0 Å². The maximum atomic E-state index is 11.1. The molecule has 1 aliphatic rings. The molecule has 2 aromatic rings. The summed E-state index contributed by atoms with van der Waals surface area (Å²) >= 11 is 0. The third-order valence-corrected chi connectivity index (χ3v) is 3.93. The number of likely N-dealkylation sites (tertiary alicyclic amines) is 1. The molecule has 2 aromatic heterocycles. The van der Waals surface area contributed by atoms with Crippen LogP contribution in [-0.2, 0) is 13.0 Å². The highest BCUT2D eigenvalue weighted by Gasteiger charge is 2.24. The number of primary amides is 1. The van der Waals surface area contributed by atoms with Gasteiger partial charge in [0.1, 0.15) is 6.33 Å². The minimum Gasteiger partial charge on any atom is -0.363 e. The fourth-order valence-electron chi connectivity index (χ4n) is 2.83. The van der Waals surface area contributed by atoms with Crippen molar-refractivity contribution in [3.05, 3.63) is 23.9 Å². The van der Waals surface area contributed by atoms with Crippen molar-refractivity contribution >= 4 is 5.91 Å². The highest BCUT2D eigenvalue weighted by molar-refractivity contribution is 5.88. The Kier molecular flexibility index (Phi) is 4.65. The number of carbonyl (C=O) groups excluding carboxylic acids is 1. The van der Waals surface area contributed by atoms with Gasteiger partial charge in [-0.25, -0.2) is 9.67 Å². The van der Waals surface area contributed by atoms with Gasteiger partial charge in [0.2, 0.25) is 11.7 Å². The summed E-state index contributed by atoms with van der Waals surface area (Å²) in [6, 6.07) is 0.169. The zero-order valence-electron chi connectivity index (χ0n) is 13.2. The Hall–Kier alpha value is -2.29. The molecular formula is C14H21N7O2. The van der Waals surface area contributed by atoms with Gasteiger partial charge >= 0.3 is 0 Å². The van der Waals surface area contributed by atoms with Gasteiger partial charge in [0.25, 0.3) is 5.91 Å². The quantitative estimate of drug-likeness (QED) is 0.826. The highest BCUT2D eigenvalue weighted by Crippen LogP contribution is 2.21. The topological polar surface area (TPSA) is 116 Å². The zero-order chi connectivity index (χ0) is 16.2. The molecule has 23 heavy (non-hydrogen) atoms. The second-order valence-electron chi connectivity index (χ2n) is 5.80. The second kappa shape index (κ2) is 6.86. The summed E-state index contributed by atoms with van der Waals surface area (Å²) in [6.07, 6.45) is 5.43. The first-order valence-electron chi connectivity index (χ1n) is 7.90. The van der Waals surface area contributed by atoms with Crippen LogP contribution in [0.15, 0.2) is 10.9 Å². The lowest BCUT2D eigenvalue weighted by Crippen LogP contribution is -2.36. The number of rotatable bonds is 6. The molecule has 0 spiro atoms. The van der Waals surface area contributed by atoms with Crippen LogP contribution in [0, 0.1) is 0 Å². The molecule has 0 radical (unpaired) electrons. The first-order valence-corrected chi connectivity index (χ1v) is 7.90. The van der Waals surface area contributed by atoms with Gasteiger partial charge < -0.3 is 10.3 Å². The number of amides is 1. The van der Waals surface area contributed by atoms with Gasteiger partial charge in [0.15, 0.2) is 5.82 Å². The van der Waals surface area contributed by atoms with Crippen molar-refractivity contribution < 1.29 is 9.32 Å². The maximum Gasteiger partial charge on any atom is 0.288 e. The van der Waals surface area contributed by atoms with Crippen molar-refractivity contribution in [1.82, 2.24) is 29.8 Å². The van der Waals surface area contributed by atoms with E-state index in [1.165, 1.54) is 0 Å². The average Bonchev–Trinajstić information content (AvgIpc) is 3.17. The minimum absolute atomic E-state index is 0.0585. The molecule has 9 heteroatoms. The summed E-state index contributed by atoms with van der Waals surface area (Å²) in [5, 5.41) is 8.14. The van der Waals surface area contributed by atoms with Crippen LogP contribution >= 0.6 is 0 Å². The third kappa shape index (κ3) is 3.73. The van der Waals surface area contributed by atoms with Crippen LogP contribution in [0.3, 0.4) is 0 Å². The standard InChI is InChI=1S/C14H21N7O2/c1-2-4-11-17-12(23-19-11)8-20-6-3-5-10(7-20)21-9-16-14(18-21)13(15)22/h9-10H,2-8H2,1H3,(H2,15,22). The summed E-state index contributed by atoms with van der Waals surface area (Å²) < 4.78 is 7.02. The summed E-state index contributed by atoms with van der Waals surface area (Å²) in [5.41, 5.74) is 5.20. The molecule has 0 aromatic carbocycles. The smallest absolute Gasteiger partial charge is 0.288 e. The SMILES string of the molecule is CCCc1noc(CN2CCCC(n3cnc(C(N)=O)n3)C2)n1. The van der Waals surface area contributed by atoms with E-state index >= 15 is 0 Å². The Morgan fingerprint density at radius 2 is 2.39 bits per heavy atom. The van der Waals surface area contributed by atoms with E-state index in [1.54, 1.807) is 11.0 Å². The highest BCUT2D eigenvalue weighted by atomic mass is 16.5. The van der Waals surface area contributed by atoms with Crippen LogP contribution in [0.25, 0.3) is 0 Å². The summed E-state index contributed by atoms with van der Waals surface area (Å²) in [7, 11) is 0. The normalized spacial score (nSPS) is 19.1. The van der Waals surface area contributed by atoms with Crippen LogP contribution in [0.4, 0.5) is 0 Å². The lowest BCUT2D eigenvalue weighted by atomic mass is 10.1. The van der Waals surface area contributed by atoms with E-state index in [1.807, 2.05) is 0 Å². The van der Waals surface area contributed by atoms with Crippen molar-refractivity contribution in [2.24, 2.45) is 5.73 Å². The Bertz CT molecular complexity index is 666. The largest absolute Gasteiger partial charge is 0.363 e. The molecule has 1 fully saturated rings. The number of aromatic nitrogens is 5. The Morgan fingerprint density at radius 1 is 1.52 bits per heavy atom. The molecule has 0 aliphatic carbocycles. The van der Waals surface area contributed by atoms with E-state index < -0.39 is 5.91 Å². The van der Waals surface area contributed by atoms with Crippen LogP contribution in [-0.4, -0.2) is 48.8 Å². The van der Waals surface area contributed by atoms with E-state index in [4.69, 9.17) is 10.3 Å². The summed E-state index contributed by atoms with van der Waals surface area (Å²) in [6.45, 7) is 4.49. The predicted octanol–water partition coefficient (Wildman–Crippen LogP) is 0.550. The molecule has 2 N–H and O–H groups in total. The Balaban J connectivity index is 1.61. The van der Waals surface area contributed by atoms with Crippen LogP contribution in [0.1, 0.15) is 54.6 Å². The van der Waals surface area contributed by atoms with Gasteiger partial charge in [-0.1, -0.05) is 12.1 Å². The molecule has 124 valence electrons. The molecule has 1 unspecified atom stereocenters. The average molecular weight is 319 g/mol. The molecule has 0 bridgehead atoms. The van der Waals surface area contributed by atoms with Crippen molar-refractivity contribution in [1.29, 1.82) is 0 Å². The Morgan fingerprint density at radius 3 is 3.13 bits per heavy atom. The summed E-state index contributed by atoms with van der Waals surface area (Å²) in [5.74, 6) is 0.859. The first-order chi connectivity index (χ1) is 11.2. The molecule has 9 nitrogen and oxygen atoms in total. The van der Waals surface area contributed by atoms with E-state index in [0.29, 0.717) is 12.4 Å². The van der Waals surface area contributed by atoms with Crippen LogP contribution < -0.4 is 5.73 Å². The van der Waals surface area contributed by atoms with E-state index in [0.717, 1.165) is 44.6 Å².